The number of hydrogen-bond donors (Lipinski definition) is 1. The van der Waals surface area contributed by atoms with E-state index in [2.05, 4.69) is 10.3 Å². The topological polar surface area (TPSA) is 79.4 Å². The van der Waals surface area contributed by atoms with Gasteiger partial charge in [0.25, 0.3) is 11.8 Å². The first kappa shape index (κ1) is 15.9. The molecule has 2 heterocycles. The SMILES string of the molecule is CCC(=O)Nc1ccc2c(c1)C(=O)N(CCc1ccncc1)C2=O. The van der Waals surface area contributed by atoms with Crippen LogP contribution < -0.4 is 5.32 Å². The molecule has 3 rings (SSSR count). The molecule has 0 saturated carbocycles. The fraction of sp³-hybridized carbons (Fsp3) is 0.222. The van der Waals surface area contributed by atoms with Crippen molar-refractivity contribution in [2.75, 3.05) is 11.9 Å². The quantitative estimate of drug-likeness (QED) is 0.856. The number of pyridine rings is 1. The molecule has 0 radical (unpaired) electrons. The number of nitrogens with one attached hydrogen (secondary N) is 1. The van der Waals surface area contributed by atoms with Crippen LogP contribution in [0.5, 0.6) is 0 Å². The standard InChI is InChI=1S/C18H17N3O3/c1-2-16(22)20-13-3-4-14-15(11-13)18(24)21(17(14)23)10-7-12-5-8-19-9-6-12/h3-6,8-9,11H,2,7,10H2,1H3,(H,20,22). The van der Waals surface area contributed by atoms with Gasteiger partial charge in [0.2, 0.25) is 5.91 Å². The maximum absolute atomic E-state index is 12.5. The summed E-state index contributed by atoms with van der Waals surface area (Å²) in [5.74, 6) is -0.754. The fourth-order valence-corrected chi connectivity index (χ4v) is 2.61. The van der Waals surface area contributed by atoms with E-state index in [1.807, 2.05) is 12.1 Å². The third-order valence-corrected chi connectivity index (χ3v) is 3.95. The maximum atomic E-state index is 12.5. The van der Waals surface area contributed by atoms with Crippen LogP contribution in [-0.4, -0.2) is 34.2 Å². The van der Waals surface area contributed by atoms with Gasteiger partial charge < -0.3 is 5.32 Å². The first-order valence-electron chi connectivity index (χ1n) is 7.79. The molecular formula is C18H17N3O3. The van der Waals surface area contributed by atoms with E-state index >= 15 is 0 Å². The Morgan fingerprint density at radius 3 is 2.50 bits per heavy atom. The third-order valence-electron chi connectivity index (χ3n) is 3.95. The molecule has 2 aromatic rings. The molecular weight excluding hydrogens is 306 g/mol. The lowest BCUT2D eigenvalue weighted by atomic mass is 10.1. The van der Waals surface area contributed by atoms with Crippen molar-refractivity contribution in [3.8, 4) is 0 Å². The molecule has 0 bridgehead atoms. The second kappa shape index (κ2) is 6.62. The number of benzene rings is 1. The minimum absolute atomic E-state index is 0.138. The van der Waals surface area contributed by atoms with Crippen molar-refractivity contribution in [1.82, 2.24) is 9.88 Å². The van der Waals surface area contributed by atoms with Gasteiger partial charge in [0, 0.05) is 31.0 Å². The lowest BCUT2D eigenvalue weighted by Crippen LogP contribution is -2.31. The van der Waals surface area contributed by atoms with Gasteiger partial charge in [-0.3, -0.25) is 24.3 Å². The lowest BCUT2D eigenvalue weighted by Gasteiger charge is -2.13. The van der Waals surface area contributed by atoms with E-state index in [9.17, 15) is 14.4 Å². The summed E-state index contributed by atoms with van der Waals surface area (Å²) >= 11 is 0. The van der Waals surface area contributed by atoms with Crippen molar-refractivity contribution >= 4 is 23.4 Å². The van der Waals surface area contributed by atoms with Crippen LogP contribution in [0, 0.1) is 0 Å². The Morgan fingerprint density at radius 2 is 1.79 bits per heavy atom. The second-order valence-electron chi connectivity index (χ2n) is 5.53. The van der Waals surface area contributed by atoms with E-state index in [-0.39, 0.29) is 17.7 Å². The average Bonchev–Trinajstić information content (AvgIpc) is 2.84. The largest absolute Gasteiger partial charge is 0.326 e. The number of aromatic nitrogens is 1. The fourth-order valence-electron chi connectivity index (χ4n) is 2.61. The Bertz CT molecular complexity index is 802. The first-order chi connectivity index (χ1) is 11.6. The predicted molar refractivity (Wildman–Crippen MR) is 88.7 cm³/mol. The minimum Gasteiger partial charge on any atom is -0.326 e. The van der Waals surface area contributed by atoms with Gasteiger partial charge in [-0.25, -0.2) is 0 Å². The Hall–Kier alpha value is -3.02. The monoisotopic (exact) mass is 323 g/mol. The third kappa shape index (κ3) is 3.03. The molecule has 0 aliphatic carbocycles. The summed E-state index contributed by atoms with van der Waals surface area (Å²) in [6.45, 7) is 2.06. The van der Waals surface area contributed by atoms with Crippen molar-refractivity contribution in [3.63, 3.8) is 0 Å². The van der Waals surface area contributed by atoms with Crippen LogP contribution in [0.25, 0.3) is 0 Å². The molecule has 1 aromatic carbocycles. The molecule has 0 atom stereocenters. The number of hydrogen-bond acceptors (Lipinski definition) is 4. The Kier molecular flexibility index (Phi) is 4.37. The molecule has 1 aliphatic rings. The van der Waals surface area contributed by atoms with Gasteiger partial charge in [0.15, 0.2) is 0 Å². The number of anilines is 1. The zero-order valence-electron chi connectivity index (χ0n) is 13.3. The maximum Gasteiger partial charge on any atom is 0.261 e. The average molecular weight is 323 g/mol. The van der Waals surface area contributed by atoms with E-state index in [1.54, 1.807) is 37.5 Å². The molecule has 0 spiro atoms. The van der Waals surface area contributed by atoms with Gasteiger partial charge in [-0.1, -0.05) is 6.92 Å². The summed E-state index contributed by atoms with van der Waals surface area (Å²) in [5.41, 5.74) is 2.25. The Balaban J connectivity index is 1.76. The summed E-state index contributed by atoms with van der Waals surface area (Å²) in [7, 11) is 0. The number of rotatable bonds is 5. The molecule has 0 fully saturated rings. The highest BCUT2D eigenvalue weighted by Gasteiger charge is 2.35. The molecule has 3 amide bonds. The molecule has 6 heteroatoms. The molecule has 0 saturated heterocycles. The second-order valence-corrected chi connectivity index (χ2v) is 5.53. The van der Waals surface area contributed by atoms with Gasteiger partial charge in [-0.2, -0.15) is 0 Å². The van der Waals surface area contributed by atoms with Crippen molar-refractivity contribution in [2.45, 2.75) is 19.8 Å². The van der Waals surface area contributed by atoms with Gasteiger partial charge in [0.05, 0.1) is 11.1 Å². The molecule has 1 N–H and O–H groups in total. The molecule has 122 valence electrons. The minimum atomic E-state index is -0.323. The van der Waals surface area contributed by atoms with Crippen LogP contribution in [-0.2, 0) is 11.2 Å². The molecule has 1 aromatic heterocycles. The van der Waals surface area contributed by atoms with E-state index < -0.39 is 0 Å². The van der Waals surface area contributed by atoms with Crippen LogP contribution in [0.1, 0.15) is 39.6 Å². The van der Waals surface area contributed by atoms with Gasteiger partial charge in [-0.05, 0) is 42.3 Å². The van der Waals surface area contributed by atoms with Crippen LogP contribution in [0.4, 0.5) is 5.69 Å². The number of nitrogens with zero attached hydrogens (tertiary/aromatic N) is 2. The summed E-state index contributed by atoms with van der Waals surface area (Å²) in [4.78, 5) is 41.6. The number of amides is 3. The Morgan fingerprint density at radius 1 is 1.08 bits per heavy atom. The molecule has 6 nitrogen and oxygen atoms in total. The normalized spacial score (nSPS) is 13.1. The molecule has 24 heavy (non-hydrogen) atoms. The highest BCUT2D eigenvalue weighted by Crippen LogP contribution is 2.26. The van der Waals surface area contributed by atoms with E-state index in [1.165, 1.54) is 4.90 Å². The van der Waals surface area contributed by atoms with Crippen LogP contribution in [0.15, 0.2) is 42.7 Å². The highest BCUT2D eigenvalue weighted by atomic mass is 16.2. The summed E-state index contributed by atoms with van der Waals surface area (Å²) < 4.78 is 0. The van der Waals surface area contributed by atoms with Crippen molar-refractivity contribution < 1.29 is 14.4 Å². The van der Waals surface area contributed by atoms with Crippen LogP contribution >= 0.6 is 0 Å². The smallest absolute Gasteiger partial charge is 0.261 e. The molecule has 0 unspecified atom stereocenters. The predicted octanol–water partition coefficient (Wildman–Crippen LogP) is 2.27. The Labute approximate surface area is 139 Å². The number of carbonyl (C=O) groups excluding carboxylic acids is 3. The van der Waals surface area contributed by atoms with Gasteiger partial charge >= 0.3 is 0 Å². The molecule has 1 aliphatic heterocycles. The van der Waals surface area contributed by atoms with Gasteiger partial charge in [0.1, 0.15) is 0 Å². The number of imide groups is 1. The summed E-state index contributed by atoms with van der Waals surface area (Å²) in [6, 6.07) is 8.51. The zero-order valence-corrected chi connectivity index (χ0v) is 13.3. The van der Waals surface area contributed by atoms with Crippen molar-refractivity contribution in [1.29, 1.82) is 0 Å². The van der Waals surface area contributed by atoms with E-state index in [0.717, 1.165) is 5.56 Å². The first-order valence-corrected chi connectivity index (χ1v) is 7.79. The van der Waals surface area contributed by atoms with E-state index in [4.69, 9.17) is 0 Å². The van der Waals surface area contributed by atoms with Crippen molar-refractivity contribution in [3.05, 3.63) is 59.4 Å². The van der Waals surface area contributed by atoms with Crippen LogP contribution in [0.2, 0.25) is 0 Å². The lowest BCUT2D eigenvalue weighted by molar-refractivity contribution is -0.115. The van der Waals surface area contributed by atoms with E-state index in [0.29, 0.717) is 36.2 Å². The number of fused-ring (bicyclic) bond motifs is 1. The number of carbonyl (C=O) groups is 3. The summed E-state index contributed by atoms with van der Waals surface area (Å²) in [5, 5.41) is 2.70. The zero-order chi connectivity index (χ0) is 17.1. The summed E-state index contributed by atoms with van der Waals surface area (Å²) in [6.07, 6.45) is 4.29. The van der Waals surface area contributed by atoms with Crippen LogP contribution in [0.3, 0.4) is 0 Å². The van der Waals surface area contributed by atoms with Crippen molar-refractivity contribution in [2.24, 2.45) is 0 Å². The highest BCUT2D eigenvalue weighted by molar-refractivity contribution is 6.21. The van der Waals surface area contributed by atoms with Gasteiger partial charge in [-0.15, -0.1) is 0 Å².